The Kier molecular flexibility index (Phi) is 8.92. The average Bonchev–Trinajstić information content (AvgIpc) is 2.90. The highest BCUT2D eigenvalue weighted by atomic mass is 35.5. The maximum atomic E-state index is 13.4. The maximum Gasteiger partial charge on any atom is 0.307 e. The number of carboxylic acid groups (broad SMARTS) is 1. The van der Waals surface area contributed by atoms with Crippen LogP contribution in [0.4, 0.5) is 11.4 Å². The minimum atomic E-state index is -0.981. The van der Waals surface area contributed by atoms with Crippen LogP contribution in [0.5, 0.6) is 0 Å². The molecule has 0 saturated carbocycles. The molecule has 3 unspecified atom stereocenters. The van der Waals surface area contributed by atoms with Crippen LogP contribution in [0.25, 0.3) is 0 Å². The SMILES string of the molecule is O=C(Nc1cc(Cl)ccc1Cl)C(Sc1cccc(NC(=O)C2CC=CCC2C(=O)O)c1)c1ccccc1. The third-order valence-corrected chi connectivity index (χ3v) is 7.78. The van der Waals surface area contributed by atoms with Gasteiger partial charge in [-0.3, -0.25) is 14.4 Å². The summed E-state index contributed by atoms with van der Waals surface area (Å²) in [6, 6.07) is 21.3. The molecule has 0 radical (unpaired) electrons. The van der Waals surface area contributed by atoms with Gasteiger partial charge in [0.25, 0.3) is 0 Å². The van der Waals surface area contributed by atoms with E-state index in [1.54, 1.807) is 42.5 Å². The van der Waals surface area contributed by atoms with Crippen molar-refractivity contribution in [1.82, 2.24) is 0 Å². The predicted molar refractivity (Wildman–Crippen MR) is 148 cm³/mol. The lowest BCUT2D eigenvalue weighted by molar-refractivity contribution is -0.146. The molecule has 3 aromatic carbocycles. The van der Waals surface area contributed by atoms with Crippen LogP contribution in [-0.2, 0) is 14.4 Å². The van der Waals surface area contributed by atoms with E-state index in [2.05, 4.69) is 10.6 Å². The Morgan fingerprint density at radius 2 is 1.59 bits per heavy atom. The van der Waals surface area contributed by atoms with E-state index in [1.807, 2.05) is 42.5 Å². The number of halogens is 2. The first-order valence-electron chi connectivity index (χ1n) is 11.6. The Morgan fingerprint density at radius 3 is 2.32 bits per heavy atom. The number of carbonyl (C=O) groups is 3. The minimum Gasteiger partial charge on any atom is -0.481 e. The van der Waals surface area contributed by atoms with Gasteiger partial charge in [0, 0.05) is 15.6 Å². The Balaban J connectivity index is 1.54. The molecule has 6 nitrogen and oxygen atoms in total. The van der Waals surface area contributed by atoms with Crippen molar-refractivity contribution >= 4 is 64.1 Å². The zero-order valence-electron chi connectivity index (χ0n) is 19.6. The van der Waals surface area contributed by atoms with Crippen LogP contribution >= 0.6 is 35.0 Å². The van der Waals surface area contributed by atoms with Gasteiger partial charge >= 0.3 is 5.97 Å². The first kappa shape index (κ1) is 26.8. The topological polar surface area (TPSA) is 95.5 Å². The van der Waals surface area contributed by atoms with Gasteiger partial charge in [0.2, 0.25) is 11.8 Å². The van der Waals surface area contributed by atoms with Crippen LogP contribution in [-0.4, -0.2) is 22.9 Å². The molecule has 2 amide bonds. The first-order valence-corrected chi connectivity index (χ1v) is 13.2. The zero-order valence-corrected chi connectivity index (χ0v) is 21.9. The summed E-state index contributed by atoms with van der Waals surface area (Å²) in [5.74, 6) is -3.01. The highest BCUT2D eigenvalue weighted by molar-refractivity contribution is 8.00. The molecule has 0 fully saturated rings. The number of rotatable bonds is 8. The molecule has 1 aliphatic rings. The fourth-order valence-electron chi connectivity index (χ4n) is 4.09. The van der Waals surface area contributed by atoms with Crippen LogP contribution < -0.4 is 10.6 Å². The molecule has 0 bridgehead atoms. The maximum absolute atomic E-state index is 13.4. The lowest BCUT2D eigenvalue weighted by Crippen LogP contribution is -2.34. The number of nitrogens with one attached hydrogen (secondary N) is 2. The number of carboxylic acids is 1. The van der Waals surface area contributed by atoms with Crippen LogP contribution in [0, 0.1) is 11.8 Å². The van der Waals surface area contributed by atoms with E-state index < -0.39 is 23.1 Å². The summed E-state index contributed by atoms with van der Waals surface area (Å²) in [6.45, 7) is 0. The Hall–Kier alpha value is -3.26. The van der Waals surface area contributed by atoms with Crippen molar-refractivity contribution in [3.05, 3.63) is 101 Å². The summed E-state index contributed by atoms with van der Waals surface area (Å²) >= 11 is 13.7. The largest absolute Gasteiger partial charge is 0.481 e. The van der Waals surface area contributed by atoms with Gasteiger partial charge in [-0.25, -0.2) is 0 Å². The van der Waals surface area contributed by atoms with E-state index in [9.17, 15) is 19.5 Å². The summed E-state index contributed by atoms with van der Waals surface area (Å²) < 4.78 is 0. The van der Waals surface area contributed by atoms with Crippen molar-refractivity contribution in [3.8, 4) is 0 Å². The second kappa shape index (κ2) is 12.3. The molecule has 37 heavy (non-hydrogen) atoms. The third-order valence-electron chi connectivity index (χ3n) is 5.97. The van der Waals surface area contributed by atoms with E-state index >= 15 is 0 Å². The Labute approximate surface area is 229 Å². The monoisotopic (exact) mass is 554 g/mol. The van der Waals surface area contributed by atoms with Gasteiger partial charge in [-0.15, -0.1) is 11.8 Å². The number of allylic oxidation sites excluding steroid dienone is 2. The molecule has 0 heterocycles. The van der Waals surface area contributed by atoms with E-state index in [4.69, 9.17) is 23.2 Å². The van der Waals surface area contributed by atoms with Gasteiger partial charge in [0.1, 0.15) is 5.25 Å². The molecule has 3 aromatic rings. The molecule has 190 valence electrons. The van der Waals surface area contributed by atoms with Crippen molar-refractivity contribution in [2.24, 2.45) is 11.8 Å². The second-order valence-corrected chi connectivity index (χ2v) is 10.6. The zero-order chi connectivity index (χ0) is 26.4. The standard InChI is InChI=1S/C28H24Cl2N2O4S/c29-18-13-14-23(30)24(15-18)32-27(34)25(17-7-2-1-3-8-17)37-20-10-6-9-19(16-20)31-26(33)21-11-4-5-12-22(21)28(35)36/h1-10,13-16,21-22,25H,11-12H2,(H,31,33)(H,32,34)(H,35,36). The Morgan fingerprint density at radius 1 is 0.865 bits per heavy atom. The minimum absolute atomic E-state index is 0.284. The summed E-state index contributed by atoms with van der Waals surface area (Å²) in [4.78, 5) is 38.6. The molecule has 4 rings (SSSR count). The smallest absolute Gasteiger partial charge is 0.307 e. The molecule has 0 aromatic heterocycles. The Bertz CT molecular complexity index is 1330. The van der Waals surface area contributed by atoms with Crippen molar-refractivity contribution in [1.29, 1.82) is 0 Å². The summed E-state index contributed by atoms with van der Waals surface area (Å²) in [6.07, 6.45) is 4.34. The van der Waals surface area contributed by atoms with Crippen LogP contribution in [0.2, 0.25) is 10.0 Å². The van der Waals surface area contributed by atoms with E-state index in [0.29, 0.717) is 34.3 Å². The quantitative estimate of drug-likeness (QED) is 0.204. The van der Waals surface area contributed by atoms with E-state index in [-0.39, 0.29) is 11.8 Å². The van der Waals surface area contributed by atoms with Crippen molar-refractivity contribution in [2.75, 3.05) is 10.6 Å². The van der Waals surface area contributed by atoms with Gasteiger partial charge in [-0.1, -0.05) is 71.8 Å². The number of hydrogen-bond acceptors (Lipinski definition) is 4. The number of carbonyl (C=O) groups excluding carboxylic acids is 2. The number of aliphatic carboxylic acids is 1. The van der Waals surface area contributed by atoms with Gasteiger partial charge in [-0.2, -0.15) is 0 Å². The highest BCUT2D eigenvalue weighted by Gasteiger charge is 2.34. The second-order valence-electron chi connectivity index (χ2n) is 8.53. The summed E-state index contributed by atoms with van der Waals surface area (Å²) in [5, 5.41) is 15.4. The highest BCUT2D eigenvalue weighted by Crippen LogP contribution is 2.38. The number of amides is 2. The number of benzene rings is 3. The van der Waals surface area contributed by atoms with Gasteiger partial charge < -0.3 is 15.7 Å². The first-order chi connectivity index (χ1) is 17.8. The predicted octanol–water partition coefficient (Wildman–Crippen LogP) is 7.07. The number of thioether (sulfide) groups is 1. The average molecular weight is 555 g/mol. The molecule has 3 N–H and O–H groups in total. The molecule has 1 aliphatic carbocycles. The van der Waals surface area contributed by atoms with E-state index in [0.717, 1.165) is 10.5 Å². The van der Waals surface area contributed by atoms with Crippen molar-refractivity contribution in [3.63, 3.8) is 0 Å². The fraction of sp³-hybridized carbons (Fsp3) is 0.179. The molecule has 0 saturated heterocycles. The summed E-state index contributed by atoms with van der Waals surface area (Å²) in [5.41, 5.74) is 1.73. The molecule has 0 aliphatic heterocycles. The van der Waals surface area contributed by atoms with Crippen molar-refractivity contribution < 1.29 is 19.5 Å². The van der Waals surface area contributed by atoms with Gasteiger partial charge in [-0.05, 0) is 54.8 Å². The van der Waals surface area contributed by atoms with Crippen molar-refractivity contribution in [2.45, 2.75) is 23.0 Å². The lowest BCUT2D eigenvalue weighted by atomic mass is 9.82. The number of anilines is 2. The normalized spacial score (nSPS) is 17.6. The molecular formula is C28H24Cl2N2O4S. The molecule has 3 atom stereocenters. The fourth-order valence-corrected chi connectivity index (χ4v) is 5.51. The van der Waals surface area contributed by atoms with E-state index in [1.165, 1.54) is 11.8 Å². The van der Waals surface area contributed by atoms with Crippen LogP contribution in [0.1, 0.15) is 23.7 Å². The molecular weight excluding hydrogens is 531 g/mol. The van der Waals surface area contributed by atoms with Crippen LogP contribution in [0.3, 0.4) is 0 Å². The number of hydrogen-bond donors (Lipinski definition) is 3. The molecule has 9 heteroatoms. The van der Waals surface area contributed by atoms with Crippen LogP contribution in [0.15, 0.2) is 89.8 Å². The van der Waals surface area contributed by atoms with Gasteiger partial charge in [0.05, 0.1) is 22.5 Å². The summed E-state index contributed by atoms with van der Waals surface area (Å²) in [7, 11) is 0. The lowest BCUT2D eigenvalue weighted by Gasteiger charge is -2.24. The van der Waals surface area contributed by atoms with Gasteiger partial charge in [0.15, 0.2) is 0 Å². The molecule has 0 spiro atoms. The third kappa shape index (κ3) is 6.95.